The maximum Gasteiger partial charge on any atom is 0.0685 e. The van der Waals surface area contributed by atoms with Crippen molar-refractivity contribution in [3.63, 3.8) is 0 Å². The van der Waals surface area contributed by atoms with Gasteiger partial charge in [0.15, 0.2) is 0 Å². The highest BCUT2D eigenvalue weighted by Gasteiger charge is 2.30. The van der Waals surface area contributed by atoms with Gasteiger partial charge in [-0.25, -0.2) is 0 Å². The van der Waals surface area contributed by atoms with Crippen LogP contribution in [0.4, 0.5) is 0 Å². The monoisotopic (exact) mass is 182 g/mol. The van der Waals surface area contributed by atoms with Crippen molar-refractivity contribution in [2.24, 2.45) is 0 Å². The van der Waals surface area contributed by atoms with Gasteiger partial charge in [0, 0.05) is 11.0 Å². The van der Waals surface area contributed by atoms with Crippen LogP contribution < -0.4 is 0 Å². The molecule has 0 aromatic carbocycles. The second-order valence-corrected chi connectivity index (χ2v) is 4.90. The van der Waals surface area contributed by atoms with Gasteiger partial charge in [0.05, 0.1) is 10.7 Å². The maximum atomic E-state index is 9.24. The molecule has 4 heteroatoms. The summed E-state index contributed by atoms with van der Waals surface area (Å²) in [6.07, 6.45) is 0.619. The van der Waals surface area contributed by atoms with Gasteiger partial charge < -0.3 is 5.11 Å². The third-order valence-electron chi connectivity index (χ3n) is 1.38. The molecule has 1 aliphatic heterocycles. The van der Waals surface area contributed by atoms with E-state index in [0.717, 1.165) is 12.2 Å². The van der Waals surface area contributed by atoms with Crippen LogP contribution in [0.1, 0.15) is 6.42 Å². The molecular weight excluding hydrogens is 172 g/mol. The van der Waals surface area contributed by atoms with Crippen LogP contribution in [-0.4, -0.2) is 26.8 Å². The molecule has 0 amide bonds. The minimum absolute atomic E-state index is 0.185. The van der Waals surface area contributed by atoms with Gasteiger partial charge in [0.25, 0.3) is 0 Å². The third-order valence-corrected chi connectivity index (χ3v) is 3.94. The van der Waals surface area contributed by atoms with Crippen LogP contribution in [0.15, 0.2) is 0 Å². The Labute approximate surface area is 70.4 Å². The summed E-state index contributed by atoms with van der Waals surface area (Å²) in [7, 11) is 0. The number of thiol groups is 2. The van der Waals surface area contributed by atoms with Crippen LogP contribution in [0.2, 0.25) is 0 Å². The van der Waals surface area contributed by atoms with Gasteiger partial charge in [-0.2, -0.15) is 25.3 Å². The topological polar surface area (TPSA) is 20.2 Å². The Morgan fingerprint density at radius 2 is 2.33 bits per heavy atom. The van der Waals surface area contributed by atoms with E-state index in [1.54, 1.807) is 11.8 Å². The Hall–Kier alpha value is 1.01. The summed E-state index contributed by atoms with van der Waals surface area (Å²) >= 11 is 10.0. The molecule has 1 nitrogen and oxygen atoms in total. The van der Waals surface area contributed by atoms with E-state index in [4.69, 9.17) is 0 Å². The van der Waals surface area contributed by atoms with Gasteiger partial charge in [0.2, 0.25) is 0 Å². The molecule has 1 rings (SSSR count). The van der Waals surface area contributed by atoms with Crippen molar-refractivity contribution >= 4 is 37.0 Å². The molecule has 0 radical (unpaired) electrons. The Balaban J connectivity index is 2.38. The fourth-order valence-corrected chi connectivity index (χ4v) is 3.15. The average Bonchev–Trinajstić information content (AvgIpc) is 2.10. The van der Waals surface area contributed by atoms with Crippen LogP contribution in [0, 0.1) is 0 Å². The number of thioether (sulfide) groups is 1. The van der Waals surface area contributed by atoms with E-state index in [1.807, 2.05) is 0 Å². The lowest BCUT2D eigenvalue weighted by Gasteiger charge is -2.07. The van der Waals surface area contributed by atoms with E-state index in [2.05, 4.69) is 25.3 Å². The highest BCUT2D eigenvalue weighted by Crippen LogP contribution is 2.36. The predicted octanol–water partition coefficient (Wildman–Crippen LogP) is 1.04. The van der Waals surface area contributed by atoms with Crippen LogP contribution in [0.3, 0.4) is 0 Å². The van der Waals surface area contributed by atoms with E-state index in [9.17, 15) is 5.11 Å². The van der Waals surface area contributed by atoms with Crippen molar-refractivity contribution in [1.82, 2.24) is 0 Å². The van der Waals surface area contributed by atoms with E-state index in [0.29, 0.717) is 9.83 Å². The second-order valence-electron chi connectivity index (χ2n) is 2.11. The van der Waals surface area contributed by atoms with E-state index in [1.165, 1.54) is 0 Å². The first-order valence-corrected chi connectivity index (χ1v) is 4.95. The zero-order valence-electron chi connectivity index (χ0n) is 4.90. The number of aliphatic hydroxyl groups is 1. The normalized spacial score (nSPS) is 43.7. The Bertz CT molecular complexity index is 98.2. The molecule has 3 atom stereocenters. The van der Waals surface area contributed by atoms with E-state index >= 15 is 0 Å². The van der Waals surface area contributed by atoms with E-state index in [-0.39, 0.29) is 6.10 Å². The standard InChI is InChI=1S/C5H10OS3/c6-3-1-5(8)9-4(3)2-7/h3-8H,1-2H2. The summed E-state index contributed by atoms with van der Waals surface area (Å²) in [6.45, 7) is 0. The highest BCUT2D eigenvalue weighted by molar-refractivity contribution is 8.11. The summed E-state index contributed by atoms with van der Waals surface area (Å²) in [6, 6.07) is 0. The zero-order valence-corrected chi connectivity index (χ0v) is 7.50. The van der Waals surface area contributed by atoms with Crippen molar-refractivity contribution in [1.29, 1.82) is 0 Å². The molecule has 0 bridgehead atoms. The zero-order chi connectivity index (χ0) is 6.85. The van der Waals surface area contributed by atoms with Crippen LogP contribution in [0.5, 0.6) is 0 Å². The molecule has 0 saturated carbocycles. The van der Waals surface area contributed by atoms with Crippen LogP contribution in [0.25, 0.3) is 0 Å². The molecule has 0 aromatic heterocycles. The molecule has 0 aromatic rings. The Morgan fingerprint density at radius 1 is 1.67 bits per heavy atom. The maximum absolute atomic E-state index is 9.24. The average molecular weight is 182 g/mol. The molecule has 1 heterocycles. The molecular formula is C5H10OS3. The van der Waals surface area contributed by atoms with Gasteiger partial charge in [-0.3, -0.25) is 0 Å². The van der Waals surface area contributed by atoms with Crippen molar-refractivity contribution in [2.75, 3.05) is 5.75 Å². The number of rotatable bonds is 1. The molecule has 1 saturated heterocycles. The van der Waals surface area contributed by atoms with Gasteiger partial charge in [-0.1, -0.05) is 0 Å². The van der Waals surface area contributed by atoms with Crippen molar-refractivity contribution in [2.45, 2.75) is 22.4 Å². The fraction of sp³-hybridized carbons (Fsp3) is 1.00. The molecule has 0 aliphatic carbocycles. The van der Waals surface area contributed by atoms with Gasteiger partial charge in [-0.05, 0) is 6.42 Å². The molecule has 1 aliphatic rings. The minimum atomic E-state index is -0.185. The highest BCUT2D eigenvalue weighted by atomic mass is 32.2. The smallest absolute Gasteiger partial charge is 0.0685 e. The molecule has 1 fully saturated rings. The van der Waals surface area contributed by atoms with Crippen molar-refractivity contribution in [3.05, 3.63) is 0 Å². The number of aliphatic hydroxyl groups excluding tert-OH is 1. The summed E-state index contributed by atoms with van der Waals surface area (Å²) in [5, 5.41) is 9.54. The summed E-state index contributed by atoms with van der Waals surface area (Å²) in [5.74, 6) is 0.753. The number of hydrogen-bond acceptors (Lipinski definition) is 4. The summed E-state index contributed by atoms with van der Waals surface area (Å²) < 4.78 is 0.317. The lowest BCUT2D eigenvalue weighted by Crippen LogP contribution is -2.17. The SMILES string of the molecule is OC1CC(S)SC1CS. The van der Waals surface area contributed by atoms with Crippen LogP contribution in [-0.2, 0) is 0 Å². The molecule has 54 valence electrons. The van der Waals surface area contributed by atoms with Crippen molar-refractivity contribution in [3.8, 4) is 0 Å². The molecule has 1 N–H and O–H groups in total. The van der Waals surface area contributed by atoms with Gasteiger partial charge in [0.1, 0.15) is 0 Å². The van der Waals surface area contributed by atoms with Gasteiger partial charge >= 0.3 is 0 Å². The number of hydrogen-bond donors (Lipinski definition) is 3. The quantitative estimate of drug-likeness (QED) is 0.527. The van der Waals surface area contributed by atoms with Crippen LogP contribution >= 0.6 is 37.0 Å². The fourth-order valence-electron chi connectivity index (χ4n) is 0.871. The molecule has 3 unspecified atom stereocenters. The van der Waals surface area contributed by atoms with Crippen molar-refractivity contribution < 1.29 is 5.11 Å². The predicted molar refractivity (Wildman–Crippen MR) is 48.6 cm³/mol. The first kappa shape index (κ1) is 8.11. The first-order chi connectivity index (χ1) is 4.24. The Morgan fingerprint density at radius 3 is 2.56 bits per heavy atom. The molecule has 9 heavy (non-hydrogen) atoms. The second kappa shape index (κ2) is 3.42. The summed E-state index contributed by atoms with van der Waals surface area (Å²) in [5.41, 5.74) is 0. The lowest BCUT2D eigenvalue weighted by atomic mass is 10.2. The largest absolute Gasteiger partial charge is 0.392 e. The molecule has 0 spiro atoms. The minimum Gasteiger partial charge on any atom is -0.392 e. The van der Waals surface area contributed by atoms with E-state index < -0.39 is 0 Å². The Kier molecular flexibility index (Phi) is 3.08. The van der Waals surface area contributed by atoms with Gasteiger partial charge in [-0.15, -0.1) is 11.8 Å². The third kappa shape index (κ3) is 1.97. The first-order valence-electron chi connectivity index (χ1n) is 2.86. The summed E-state index contributed by atoms with van der Waals surface area (Å²) in [4.78, 5) is 0. The lowest BCUT2D eigenvalue weighted by molar-refractivity contribution is 0.180.